The maximum atomic E-state index is 13.1. The average Bonchev–Trinajstić information content (AvgIpc) is 3.27. The van der Waals surface area contributed by atoms with E-state index in [2.05, 4.69) is 17.0 Å². The quantitative estimate of drug-likeness (QED) is 0.658. The number of halogens is 1. The molecule has 1 saturated heterocycles. The lowest BCUT2D eigenvalue weighted by Crippen LogP contribution is -2.42. The Morgan fingerprint density at radius 2 is 1.81 bits per heavy atom. The van der Waals surface area contributed by atoms with Crippen molar-refractivity contribution in [1.29, 1.82) is 0 Å². The average molecular weight is 479 g/mol. The van der Waals surface area contributed by atoms with Gasteiger partial charge in [0, 0.05) is 39.1 Å². The number of ether oxygens (including phenoxy) is 2. The Bertz CT molecular complexity index is 1070. The van der Waals surface area contributed by atoms with Crippen molar-refractivity contribution in [2.75, 3.05) is 39.9 Å². The molecule has 0 amide bonds. The summed E-state index contributed by atoms with van der Waals surface area (Å²) in [5, 5.41) is 0. The number of hydrogen-bond donors (Lipinski definition) is 0. The second-order valence-electron chi connectivity index (χ2n) is 8.84. The summed E-state index contributed by atoms with van der Waals surface area (Å²) in [6.45, 7) is 4.89. The fraction of sp³-hybridized carbons (Fsp3) is 0.500. The van der Waals surface area contributed by atoms with Crippen LogP contribution in [0.2, 0.25) is 0 Å². The summed E-state index contributed by atoms with van der Waals surface area (Å²) in [6.07, 6.45) is 3.66. The lowest BCUT2D eigenvalue weighted by atomic mass is 9.94. The first-order chi connectivity index (χ1) is 15.0. The maximum Gasteiger partial charge on any atom is 0.243 e. The van der Waals surface area contributed by atoms with Gasteiger partial charge in [0.1, 0.15) is 11.5 Å². The molecule has 2 aromatic carbocycles. The summed E-state index contributed by atoms with van der Waals surface area (Å²) < 4.78 is 38.8. The van der Waals surface area contributed by atoms with Crippen LogP contribution in [0.15, 0.2) is 41.3 Å². The minimum Gasteiger partial charge on any atom is -0.497 e. The van der Waals surface area contributed by atoms with E-state index < -0.39 is 10.0 Å². The van der Waals surface area contributed by atoms with E-state index in [1.54, 1.807) is 29.6 Å². The standard InChI is InChI=1S/C24H30N2O4S.ClH/c1-29-22-3-2-21-17-25(10-8-19(21)14-22)16-18-6-11-26(12-7-18)31(27,28)23-4-5-24-20(15-23)9-13-30-24;/h2-5,14-15,18H,6-13,16-17H2,1H3;1H. The normalized spacial score (nSPS) is 19.5. The molecule has 5 rings (SSSR count). The monoisotopic (exact) mass is 478 g/mol. The summed E-state index contributed by atoms with van der Waals surface area (Å²) >= 11 is 0. The lowest BCUT2D eigenvalue weighted by molar-refractivity contribution is 0.171. The predicted molar refractivity (Wildman–Crippen MR) is 126 cm³/mol. The summed E-state index contributed by atoms with van der Waals surface area (Å²) in [5.41, 5.74) is 3.77. The van der Waals surface area contributed by atoms with Crippen molar-refractivity contribution in [3.63, 3.8) is 0 Å². The Hall–Kier alpha value is -1.80. The Kier molecular flexibility index (Phi) is 7.00. The van der Waals surface area contributed by atoms with Gasteiger partial charge in [-0.15, -0.1) is 12.4 Å². The third kappa shape index (κ3) is 4.62. The van der Waals surface area contributed by atoms with E-state index in [-0.39, 0.29) is 12.4 Å². The number of rotatable bonds is 5. The molecular weight excluding hydrogens is 448 g/mol. The van der Waals surface area contributed by atoms with Gasteiger partial charge < -0.3 is 9.47 Å². The molecule has 0 unspecified atom stereocenters. The van der Waals surface area contributed by atoms with Crippen molar-refractivity contribution in [2.24, 2.45) is 5.92 Å². The maximum absolute atomic E-state index is 13.1. The molecule has 0 aromatic heterocycles. The molecular formula is C24H31ClN2O4S. The van der Waals surface area contributed by atoms with Crippen LogP contribution in [0, 0.1) is 5.92 Å². The highest BCUT2D eigenvalue weighted by atomic mass is 35.5. The molecule has 2 aromatic rings. The second-order valence-corrected chi connectivity index (χ2v) is 10.8. The van der Waals surface area contributed by atoms with Crippen LogP contribution < -0.4 is 9.47 Å². The van der Waals surface area contributed by atoms with Crippen molar-refractivity contribution in [1.82, 2.24) is 9.21 Å². The Morgan fingerprint density at radius 3 is 2.59 bits per heavy atom. The smallest absolute Gasteiger partial charge is 0.243 e. The minimum atomic E-state index is -3.43. The van der Waals surface area contributed by atoms with E-state index >= 15 is 0 Å². The zero-order chi connectivity index (χ0) is 21.4. The molecule has 0 spiro atoms. The first kappa shape index (κ1) is 23.4. The van der Waals surface area contributed by atoms with Gasteiger partial charge in [-0.3, -0.25) is 4.90 Å². The molecule has 3 heterocycles. The molecule has 32 heavy (non-hydrogen) atoms. The van der Waals surface area contributed by atoms with Gasteiger partial charge in [0.05, 0.1) is 18.6 Å². The molecule has 0 bridgehead atoms. The summed E-state index contributed by atoms with van der Waals surface area (Å²) in [5.74, 6) is 2.29. The molecule has 8 heteroatoms. The Labute approximate surface area is 197 Å². The highest BCUT2D eigenvalue weighted by Crippen LogP contribution is 2.31. The molecule has 0 atom stereocenters. The van der Waals surface area contributed by atoms with Crippen LogP contribution in [0.4, 0.5) is 0 Å². The zero-order valence-corrected chi connectivity index (χ0v) is 20.1. The van der Waals surface area contributed by atoms with Gasteiger partial charge in [-0.05, 0) is 72.2 Å². The van der Waals surface area contributed by atoms with E-state index in [9.17, 15) is 8.42 Å². The molecule has 0 aliphatic carbocycles. The largest absolute Gasteiger partial charge is 0.497 e. The van der Waals surface area contributed by atoms with E-state index in [4.69, 9.17) is 9.47 Å². The Balaban J connectivity index is 0.00000245. The number of fused-ring (bicyclic) bond motifs is 2. The van der Waals surface area contributed by atoms with Crippen LogP contribution >= 0.6 is 12.4 Å². The third-order valence-electron chi connectivity index (χ3n) is 6.89. The molecule has 174 valence electrons. The number of methoxy groups -OCH3 is 1. The number of benzene rings is 2. The van der Waals surface area contributed by atoms with Gasteiger partial charge in [-0.2, -0.15) is 4.31 Å². The van der Waals surface area contributed by atoms with E-state index in [1.165, 1.54) is 11.1 Å². The first-order valence-electron chi connectivity index (χ1n) is 11.2. The van der Waals surface area contributed by atoms with Gasteiger partial charge in [-0.1, -0.05) is 6.07 Å². The molecule has 6 nitrogen and oxygen atoms in total. The highest BCUT2D eigenvalue weighted by molar-refractivity contribution is 7.89. The molecule has 3 aliphatic rings. The van der Waals surface area contributed by atoms with E-state index in [0.717, 1.165) is 62.4 Å². The fourth-order valence-electron chi connectivity index (χ4n) is 5.04. The van der Waals surface area contributed by atoms with Gasteiger partial charge in [-0.25, -0.2) is 8.42 Å². The van der Waals surface area contributed by atoms with Crippen LogP contribution in [0.5, 0.6) is 11.5 Å². The van der Waals surface area contributed by atoms with Crippen molar-refractivity contribution in [3.8, 4) is 11.5 Å². The molecule has 0 radical (unpaired) electrons. The van der Waals surface area contributed by atoms with Crippen molar-refractivity contribution >= 4 is 22.4 Å². The molecule has 0 N–H and O–H groups in total. The van der Waals surface area contributed by atoms with Gasteiger partial charge >= 0.3 is 0 Å². The number of piperidine rings is 1. The number of hydrogen-bond acceptors (Lipinski definition) is 5. The predicted octanol–water partition coefficient (Wildman–Crippen LogP) is 3.51. The number of sulfonamides is 1. The van der Waals surface area contributed by atoms with Crippen LogP contribution in [0.25, 0.3) is 0 Å². The first-order valence-corrected chi connectivity index (χ1v) is 12.6. The SMILES string of the molecule is COc1ccc2c(c1)CCN(CC1CCN(S(=O)(=O)c3ccc4c(c3)CCO4)CC1)C2.Cl. The molecule has 3 aliphatic heterocycles. The topological polar surface area (TPSA) is 59.1 Å². The zero-order valence-electron chi connectivity index (χ0n) is 18.5. The molecule has 1 fully saturated rings. The van der Waals surface area contributed by atoms with E-state index in [0.29, 0.717) is 30.5 Å². The van der Waals surface area contributed by atoms with Crippen LogP contribution in [-0.2, 0) is 29.4 Å². The van der Waals surface area contributed by atoms with Crippen LogP contribution in [0.3, 0.4) is 0 Å². The minimum absolute atomic E-state index is 0. The van der Waals surface area contributed by atoms with Crippen molar-refractivity contribution in [3.05, 3.63) is 53.1 Å². The van der Waals surface area contributed by atoms with Gasteiger partial charge in [0.15, 0.2) is 0 Å². The van der Waals surface area contributed by atoms with Gasteiger partial charge in [0.25, 0.3) is 0 Å². The van der Waals surface area contributed by atoms with Gasteiger partial charge in [0.2, 0.25) is 10.0 Å². The lowest BCUT2D eigenvalue weighted by Gasteiger charge is -2.36. The van der Waals surface area contributed by atoms with Crippen LogP contribution in [-0.4, -0.2) is 57.5 Å². The summed E-state index contributed by atoms with van der Waals surface area (Å²) in [7, 11) is -1.72. The third-order valence-corrected chi connectivity index (χ3v) is 8.79. The number of nitrogens with zero attached hydrogens (tertiary/aromatic N) is 2. The fourth-order valence-corrected chi connectivity index (χ4v) is 6.56. The Morgan fingerprint density at radius 1 is 1.00 bits per heavy atom. The molecule has 0 saturated carbocycles. The summed E-state index contributed by atoms with van der Waals surface area (Å²) in [4.78, 5) is 2.92. The van der Waals surface area contributed by atoms with Crippen molar-refractivity contribution in [2.45, 2.75) is 37.1 Å². The van der Waals surface area contributed by atoms with E-state index in [1.807, 2.05) is 6.07 Å². The van der Waals surface area contributed by atoms with Crippen LogP contribution in [0.1, 0.15) is 29.5 Å². The second kappa shape index (κ2) is 9.59. The van der Waals surface area contributed by atoms with Crippen molar-refractivity contribution < 1.29 is 17.9 Å². The summed E-state index contributed by atoms with van der Waals surface area (Å²) in [6, 6.07) is 11.6. The highest BCUT2D eigenvalue weighted by Gasteiger charge is 2.31.